The lowest BCUT2D eigenvalue weighted by atomic mass is 10.2. The van der Waals surface area contributed by atoms with Gasteiger partial charge in [0, 0.05) is 21.5 Å². The second kappa shape index (κ2) is 10.8. The molecule has 0 saturated heterocycles. The Labute approximate surface area is 205 Å². The number of aryl methyl sites for hydroxylation is 1. The van der Waals surface area contributed by atoms with Crippen molar-refractivity contribution in [3.05, 3.63) is 75.8 Å². The van der Waals surface area contributed by atoms with Crippen molar-refractivity contribution in [3.63, 3.8) is 0 Å². The van der Waals surface area contributed by atoms with Gasteiger partial charge < -0.3 is 14.8 Å². The summed E-state index contributed by atoms with van der Waals surface area (Å²) in [7, 11) is 0. The molecule has 0 radical (unpaired) electrons. The van der Waals surface area contributed by atoms with Gasteiger partial charge in [-0.25, -0.2) is 9.78 Å². The van der Waals surface area contributed by atoms with Crippen LogP contribution in [0.5, 0.6) is 11.5 Å². The van der Waals surface area contributed by atoms with Gasteiger partial charge >= 0.3 is 5.97 Å². The number of anilines is 2. The van der Waals surface area contributed by atoms with Gasteiger partial charge in [-0.2, -0.15) is 0 Å². The molecule has 0 spiro atoms. The number of carbonyl (C=O) groups is 1. The number of benzene rings is 2. The second-order valence-electron chi connectivity index (χ2n) is 7.14. The van der Waals surface area contributed by atoms with Gasteiger partial charge in [0.2, 0.25) is 0 Å². The molecule has 0 saturated carbocycles. The van der Waals surface area contributed by atoms with Crippen LogP contribution in [-0.2, 0) is 4.74 Å². The van der Waals surface area contributed by atoms with Crippen LogP contribution in [-0.4, -0.2) is 17.1 Å². The van der Waals surface area contributed by atoms with Crippen LogP contribution in [0.15, 0.2) is 66.0 Å². The fourth-order valence-electron chi connectivity index (χ4n) is 2.92. The van der Waals surface area contributed by atoms with E-state index >= 15 is 0 Å². The topological polar surface area (TPSA) is 60.5 Å². The largest absolute Gasteiger partial charge is 0.459 e. The van der Waals surface area contributed by atoms with Crippen LogP contribution in [0.1, 0.15) is 28.4 Å². The Hall–Kier alpha value is -2.68. The number of aromatic nitrogens is 1. The van der Waals surface area contributed by atoms with E-state index in [-0.39, 0.29) is 29.1 Å². The number of carbonyl (C=O) groups excluding carboxylic acids is 1. The Kier molecular flexibility index (Phi) is 8.06. The predicted molar refractivity (Wildman–Crippen MR) is 137 cm³/mol. The lowest BCUT2D eigenvalue weighted by Crippen LogP contribution is -2.09. The lowest BCUT2D eigenvalue weighted by molar-refractivity contribution is 0.0384. The molecule has 0 fully saturated rings. The van der Waals surface area contributed by atoms with Gasteiger partial charge in [-0.1, -0.05) is 18.2 Å². The summed E-state index contributed by atoms with van der Waals surface area (Å²) in [4.78, 5) is 18.5. The molecular weight excluding hydrogens is 508 g/mol. The molecule has 5 nitrogen and oxygen atoms in total. The Morgan fingerprint density at radius 2 is 1.72 bits per heavy atom. The molecule has 32 heavy (non-hydrogen) atoms. The molecule has 2 heterocycles. The van der Waals surface area contributed by atoms with Crippen molar-refractivity contribution in [3.8, 4) is 22.8 Å². The molecule has 4 aromatic rings. The Balaban J connectivity index is 0.00000289. The number of nitrogens with zero attached hydrogens (tertiary/aromatic N) is 1. The van der Waals surface area contributed by atoms with Gasteiger partial charge in [0.1, 0.15) is 16.4 Å². The van der Waals surface area contributed by atoms with Gasteiger partial charge in [0.25, 0.3) is 0 Å². The van der Waals surface area contributed by atoms with Crippen LogP contribution >= 0.6 is 39.7 Å². The third-order valence-corrected chi connectivity index (χ3v) is 6.11. The summed E-state index contributed by atoms with van der Waals surface area (Å²) >= 11 is 2.95. The zero-order chi connectivity index (χ0) is 21.8. The number of para-hydroxylation sites is 1. The van der Waals surface area contributed by atoms with Crippen LogP contribution in [0, 0.1) is 6.92 Å². The summed E-state index contributed by atoms with van der Waals surface area (Å²) in [6.07, 6.45) is -0.141. The molecule has 0 unspecified atom stereocenters. The maximum absolute atomic E-state index is 12.2. The van der Waals surface area contributed by atoms with Crippen molar-refractivity contribution in [1.82, 2.24) is 4.98 Å². The van der Waals surface area contributed by atoms with E-state index in [0.29, 0.717) is 4.88 Å². The second-order valence-corrected chi connectivity index (χ2v) is 9.25. The first kappa shape index (κ1) is 24.0. The summed E-state index contributed by atoms with van der Waals surface area (Å²) in [6.45, 7) is 5.68. The number of hydrogen-bond acceptors (Lipinski definition) is 7. The summed E-state index contributed by atoms with van der Waals surface area (Å²) < 4.78 is 11.1. The first-order valence-electron chi connectivity index (χ1n) is 9.85. The number of hydrogen-bond donors (Lipinski definition) is 1. The van der Waals surface area contributed by atoms with Crippen molar-refractivity contribution >= 4 is 56.4 Å². The van der Waals surface area contributed by atoms with Crippen molar-refractivity contribution in [2.24, 2.45) is 0 Å². The normalized spacial score (nSPS) is 10.5. The molecule has 0 atom stereocenters. The van der Waals surface area contributed by atoms with E-state index in [4.69, 9.17) is 14.5 Å². The average molecular weight is 531 g/mol. The molecule has 4 rings (SSSR count). The molecule has 0 bridgehead atoms. The molecule has 2 aromatic heterocycles. The maximum Gasteiger partial charge on any atom is 0.348 e. The van der Waals surface area contributed by atoms with Crippen molar-refractivity contribution < 1.29 is 14.3 Å². The Bertz CT molecular complexity index is 1170. The third-order valence-electron chi connectivity index (χ3n) is 4.33. The lowest BCUT2D eigenvalue weighted by Gasteiger charge is -2.07. The summed E-state index contributed by atoms with van der Waals surface area (Å²) in [5, 5.41) is 6.09. The van der Waals surface area contributed by atoms with Crippen LogP contribution < -0.4 is 10.1 Å². The first-order valence-corrected chi connectivity index (χ1v) is 11.5. The van der Waals surface area contributed by atoms with Crippen molar-refractivity contribution in [2.75, 3.05) is 5.32 Å². The van der Waals surface area contributed by atoms with Crippen LogP contribution in [0.3, 0.4) is 0 Å². The highest BCUT2D eigenvalue weighted by Gasteiger charge is 2.17. The number of esters is 1. The number of nitrogens with one attached hydrogen (secondary N) is 1. The highest BCUT2D eigenvalue weighted by atomic mass is 79.9. The van der Waals surface area contributed by atoms with Gasteiger partial charge in [0.05, 0.1) is 11.8 Å². The third kappa shape index (κ3) is 5.97. The predicted octanol–water partition coefficient (Wildman–Crippen LogP) is 7.86. The molecule has 0 aliphatic carbocycles. The van der Waals surface area contributed by atoms with Crippen molar-refractivity contribution in [1.29, 1.82) is 0 Å². The van der Waals surface area contributed by atoms with Gasteiger partial charge in [0.15, 0.2) is 5.13 Å². The highest BCUT2D eigenvalue weighted by Crippen LogP contribution is 2.34. The molecule has 0 aliphatic rings. The zero-order valence-electron chi connectivity index (χ0n) is 17.8. The fraction of sp³-hybridized carbons (Fsp3) is 0.167. The monoisotopic (exact) mass is 530 g/mol. The number of rotatable bonds is 7. The molecule has 1 N–H and O–H groups in total. The van der Waals surface area contributed by atoms with E-state index in [0.717, 1.165) is 38.5 Å². The average Bonchev–Trinajstić information content (AvgIpc) is 3.36. The fourth-order valence-corrected chi connectivity index (χ4v) is 4.56. The van der Waals surface area contributed by atoms with Gasteiger partial charge in [-0.05, 0) is 63.2 Å². The first-order chi connectivity index (χ1) is 15.0. The number of ether oxygens (including phenoxy) is 2. The zero-order valence-corrected chi connectivity index (χ0v) is 21.2. The van der Waals surface area contributed by atoms with E-state index in [9.17, 15) is 4.79 Å². The molecule has 0 amide bonds. The quantitative estimate of drug-likeness (QED) is 0.246. The molecule has 2 aromatic carbocycles. The molecular formula is C24H23BrN2O3S2. The summed E-state index contributed by atoms with van der Waals surface area (Å²) in [5.41, 5.74) is 2.72. The summed E-state index contributed by atoms with van der Waals surface area (Å²) in [6, 6.07) is 19.3. The minimum Gasteiger partial charge on any atom is -0.459 e. The van der Waals surface area contributed by atoms with Crippen LogP contribution in [0.4, 0.5) is 10.8 Å². The smallest absolute Gasteiger partial charge is 0.348 e. The minimum atomic E-state index is -0.291. The van der Waals surface area contributed by atoms with E-state index in [1.54, 1.807) is 0 Å². The van der Waals surface area contributed by atoms with Crippen LogP contribution in [0.2, 0.25) is 0 Å². The SMILES string of the molecule is Br.Cc1sc(C(=O)OC(C)C)cc1-c1csc(Nc2ccc(Oc3ccccc3)cc2)n1. The van der Waals surface area contributed by atoms with Gasteiger partial charge in [-0.3, -0.25) is 0 Å². The van der Waals surface area contributed by atoms with E-state index in [1.165, 1.54) is 22.7 Å². The Morgan fingerprint density at radius 1 is 1.03 bits per heavy atom. The number of thiazole rings is 1. The minimum absolute atomic E-state index is 0. The highest BCUT2D eigenvalue weighted by molar-refractivity contribution is 8.93. The van der Waals surface area contributed by atoms with Gasteiger partial charge in [-0.15, -0.1) is 39.7 Å². The Morgan fingerprint density at radius 3 is 2.41 bits per heavy atom. The molecule has 166 valence electrons. The van der Waals surface area contributed by atoms with E-state index in [2.05, 4.69) is 5.32 Å². The number of halogens is 1. The van der Waals surface area contributed by atoms with E-state index < -0.39 is 0 Å². The summed E-state index contributed by atoms with van der Waals surface area (Å²) in [5.74, 6) is 1.28. The number of thiophene rings is 1. The van der Waals surface area contributed by atoms with Crippen molar-refractivity contribution in [2.45, 2.75) is 26.9 Å². The standard InChI is InChI=1S/C24H22N2O3S2.BrH/c1-15(2)28-23(27)22-13-20(16(3)31-22)21-14-30-24(26-21)25-17-9-11-19(12-10-17)29-18-7-5-4-6-8-18;/h4-15H,1-3H3,(H,25,26);1H. The maximum atomic E-state index is 12.2. The molecule has 0 aliphatic heterocycles. The van der Waals surface area contributed by atoms with Crippen LogP contribution in [0.25, 0.3) is 11.3 Å². The van der Waals surface area contributed by atoms with E-state index in [1.807, 2.05) is 86.8 Å². The molecule has 8 heteroatoms.